The molecule has 2 rings (SSSR count). The predicted octanol–water partition coefficient (Wildman–Crippen LogP) is -0.470. The van der Waals surface area contributed by atoms with Gasteiger partial charge < -0.3 is 15.4 Å². The highest BCUT2D eigenvalue weighted by atomic mass is 16.4. The van der Waals surface area contributed by atoms with Crippen LogP contribution >= 0.6 is 0 Å². The molecule has 2 aromatic rings. The first-order valence-electron chi connectivity index (χ1n) is 6.06. The largest absolute Gasteiger partial charge is 0.489 e. The molecule has 7 nitrogen and oxygen atoms in total. The topological polar surface area (TPSA) is 112 Å². The van der Waals surface area contributed by atoms with Crippen molar-refractivity contribution in [1.29, 1.82) is 0 Å². The van der Waals surface area contributed by atoms with Crippen LogP contribution in [0.2, 0.25) is 0 Å². The monoisotopic (exact) mass is 285 g/mol. The molecule has 0 saturated carbocycles. The minimum absolute atomic E-state index is 0.0396. The first-order valence-corrected chi connectivity index (χ1v) is 6.06. The summed E-state index contributed by atoms with van der Waals surface area (Å²) in [5.41, 5.74) is 0.713. The zero-order valence-electron chi connectivity index (χ0n) is 11.1. The first-order chi connectivity index (χ1) is 10.0. The molecule has 1 heterocycles. The summed E-state index contributed by atoms with van der Waals surface area (Å²) in [7, 11) is -1.77. The lowest BCUT2D eigenvalue weighted by Crippen LogP contribution is -2.33. The number of anilines is 1. The average molecular weight is 285 g/mol. The molecular weight excluding hydrogens is 273 g/mol. The van der Waals surface area contributed by atoms with Crippen LogP contribution in [0.5, 0.6) is 0 Å². The van der Waals surface area contributed by atoms with Gasteiger partial charge in [0.1, 0.15) is 12.1 Å². The van der Waals surface area contributed by atoms with E-state index in [1.54, 1.807) is 6.92 Å². The molecule has 0 bridgehead atoms. The van der Waals surface area contributed by atoms with Crippen molar-refractivity contribution < 1.29 is 19.6 Å². The van der Waals surface area contributed by atoms with E-state index in [0.29, 0.717) is 17.8 Å². The van der Waals surface area contributed by atoms with E-state index in [0.717, 1.165) is 0 Å². The van der Waals surface area contributed by atoms with Crippen molar-refractivity contribution >= 4 is 30.5 Å². The van der Waals surface area contributed by atoms with E-state index in [9.17, 15) is 9.59 Å². The SMILES string of the molecule is Cc1ncc(NC(=O)c2ccc(B(O)O)c(C=O)c2)cn1. The van der Waals surface area contributed by atoms with Crippen LogP contribution in [0, 0.1) is 6.92 Å². The number of hydrogen-bond acceptors (Lipinski definition) is 6. The fourth-order valence-corrected chi connectivity index (χ4v) is 1.71. The van der Waals surface area contributed by atoms with E-state index in [1.807, 2.05) is 0 Å². The van der Waals surface area contributed by atoms with Crippen molar-refractivity contribution in [2.45, 2.75) is 6.92 Å². The zero-order chi connectivity index (χ0) is 15.4. The summed E-state index contributed by atoms with van der Waals surface area (Å²) >= 11 is 0. The summed E-state index contributed by atoms with van der Waals surface area (Å²) in [4.78, 5) is 30.9. The second-order valence-corrected chi connectivity index (χ2v) is 4.31. The smallest absolute Gasteiger partial charge is 0.423 e. The number of rotatable bonds is 4. The molecule has 21 heavy (non-hydrogen) atoms. The van der Waals surface area contributed by atoms with E-state index >= 15 is 0 Å². The Morgan fingerprint density at radius 2 is 1.95 bits per heavy atom. The molecule has 0 fully saturated rings. The van der Waals surface area contributed by atoms with Crippen molar-refractivity contribution in [1.82, 2.24) is 9.97 Å². The molecule has 0 aliphatic rings. The molecule has 0 saturated heterocycles. The Bertz CT molecular complexity index is 674. The number of benzene rings is 1. The van der Waals surface area contributed by atoms with Gasteiger partial charge in [0.05, 0.1) is 18.1 Å². The molecule has 0 spiro atoms. The van der Waals surface area contributed by atoms with E-state index < -0.39 is 13.0 Å². The number of hydrogen-bond donors (Lipinski definition) is 3. The Morgan fingerprint density at radius 3 is 2.52 bits per heavy atom. The molecule has 1 aromatic carbocycles. The Hall–Kier alpha value is -2.58. The average Bonchev–Trinajstić information content (AvgIpc) is 2.48. The quantitative estimate of drug-likeness (QED) is 0.517. The number of aryl methyl sites for hydroxylation is 1. The molecular formula is C13H12BN3O4. The van der Waals surface area contributed by atoms with Gasteiger partial charge in [0.2, 0.25) is 0 Å². The summed E-state index contributed by atoms with van der Waals surface area (Å²) in [5, 5.41) is 20.8. The minimum Gasteiger partial charge on any atom is -0.423 e. The van der Waals surface area contributed by atoms with Crippen LogP contribution in [-0.2, 0) is 0 Å². The van der Waals surface area contributed by atoms with Crippen molar-refractivity contribution in [3.63, 3.8) is 0 Å². The Balaban J connectivity index is 2.23. The van der Waals surface area contributed by atoms with Crippen LogP contribution in [0.15, 0.2) is 30.6 Å². The molecule has 106 valence electrons. The van der Waals surface area contributed by atoms with Gasteiger partial charge in [-0.25, -0.2) is 9.97 Å². The van der Waals surface area contributed by atoms with Gasteiger partial charge in [-0.15, -0.1) is 0 Å². The van der Waals surface area contributed by atoms with Crippen LogP contribution in [0.3, 0.4) is 0 Å². The van der Waals surface area contributed by atoms with Gasteiger partial charge >= 0.3 is 7.12 Å². The fraction of sp³-hybridized carbons (Fsp3) is 0.0769. The highest BCUT2D eigenvalue weighted by Crippen LogP contribution is 2.08. The third-order valence-corrected chi connectivity index (χ3v) is 2.79. The lowest BCUT2D eigenvalue weighted by atomic mass is 9.77. The van der Waals surface area contributed by atoms with Gasteiger partial charge in [-0.1, -0.05) is 6.07 Å². The van der Waals surface area contributed by atoms with Crippen LogP contribution in [0.4, 0.5) is 5.69 Å². The maximum atomic E-state index is 12.0. The highest BCUT2D eigenvalue weighted by molar-refractivity contribution is 6.60. The van der Waals surface area contributed by atoms with Crippen molar-refractivity contribution in [3.05, 3.63) is 47.5 Å². The Labute approximate surface area is 120 Å². The lowest BCUT2D eigenvalue weighted by Gasteiger charge is -2.08. The summed E-state index contributed by atoms with van der Waals surface area (Å²) in [5.74, 6) is 0.127. The van der Waals surface area contributed by atoms with Crippen molar-refractivity contribution in [2.75, 3.05) is 5.32 Å². The number of nitrogens with one attached hydrogen (secondary N) is 1. The van der Waals surface area contributed by atoms with Crippen LogP contribution in [0.1, 0.15) is 26.5 Å². The molecule has 8 heteroatoms. The highest BCUT2D eigenvalue weighted by Gasteiger charge is 2.17. The minimum atomic E-state index is -1.77. The van der Waals surface area contributed by atoms with Crippen LogP contribution in [0.25, 0.3) is 0 Å². The Morgan fingerprint density at radius 1 is 1.29 bits per heavy atom. The first kappa shape index (κ1) is 14.8. The molecule has 0 atom stereocenters. The van der Waals surface area contributed by atoms with E-state index in [-0.39, 0.29) is 16.6 Å². The number of nitrogens with zero attached hydrogens (tertiary/aromatic N) is 2. The lowest BCUT2D eigenvalue weighted by molar-refractivity contribution is 0.102. The van der Waals surface area contributed by atoms with Gasteiger partial charge in [-0.3, -0.25) is 9.59 Å². The summed E-state index contributed by atoms with van der Waals surface area (Å²) in [6, 6.07) is 3.99. The summed E-state index contributed by atoms with van der Waals surface area (Å²) in [6.07, 6.45) is 3.39. The van der Waals surface area contributed by atoms with Gasteiger partial charge in [0.15, 0.2) is 0 Å². The number of aldehydes is 1. The third-order valence-electron chi connectivity index (χ3n) is 2.79. The van der Waals surface area contributed by atoms with Crippen LogP contribution < -0.4 is 10.8 Å². The van der Waals surface area contributed by atoms with Crippen molar-refractivity contribution in [2.24, 2.45) is 0 Å². The zero-order valence-corrected chi connectivity index (χ0v) is 11.1. The molecule has 1 aromatic heterocycles. The molecule has 0 radical (unpaired) electrons. The maximum Gasteiger partial charge on any atom is 0.489 e. The molecule has 0 aliphatic heterocycles. The summed E-state index contributed by atoms with van der Waals surface area (Å²) < 4.78 is 0. The van der Waals surface area contributed by atoms with Crippen LogP contribution in [-0.4, -0.2) is 39.3 Å². The van der Waals surface area contributed by atoms with E-state index in [2.05, 4.69) is 15.3 Å². The number of aromatic nitrogens is 2. The maximum absolute atomic E-state index is 12.0. The second kappa shape index (κ2) is 6.25. The molecule has 0 unspecified atom stereocenters. The fourth-order valence-electron chi connectivity index (χ4n) is 1.71. The normalized spacial score (nSPS) is 10.0. The molecule has 3 N–H and O–H groups in total. The third kappa shape index (κ3) is 3.50. The number of carbonyl (C=O) groups excluding carboxylic acids is 2. The van der Waals surface area contributed by atoms with Gasteiger partial charge in [0.25, 0.3) is 5.91 Å². The Kier molecular flexibility index (Phi) is 4.41. The van der Waals surface area contributed by atoms with Gasteiger partial charge in [-0.05, 0) is 24.5 Å². The van der Waals surface area contributed by atoms with Crippen molar-refractivity contribution in [3.8, 4) is 0 Å². The van der Waals surface area contributed by atoms with Gasteiger partial charge in [0, 0.05) is 11.1 Å². The molecule has 0 aliphatic carbocycles. The standard InChI is InChI=1S/C13H12BN3O4/c1-8-15-5-11(6-16-8)17-13(19)9-2-3-12(14(20)21)10(4-9)7-18/h2-7,20-21H,1H3,(H,17,19). The van der Waals surface area contributed by atoms with E-state index in [1.165, 1.54) is 30.6 Å². The number of amides is 1. The summed E-state index contributed by atoms with van der Waals surface area (Å²) in [6.45, 7) is 1.72. The second-order valence-electron chi connectivity index (χ2n) is 4.31. The van der Waals surface area contributed by atoms with E-state index in [4.69, 9.17) is 10.0 Å². The predicted molar refractivity (Wildman–Crippen MR) is 76.4 cm³/mol. The molecule has 1 amide bonds. The van der Waals surface area contributed by atoms with Gasteiger partial charge in [-0.2, -0.15) is 0 Å². The number of carbonyl (C=O) groups is 2.